The van der Waals surface area contributed by atoms with E-state index in [4.69, 9.17) is 0 Å². The molecule has 0 aliphatic carbocycles. The molecule has 1 aromatic carbocycles. The first-order chi connectivity index (χ1) is 7.36. The molecule has 0 unspecified atom stereocenters. The minimum Gasteiger partial charge on any atom is -0.233 e. The van der Waals surface area contributed by atoms with Gasteiger partial charge in [-0.15, -0.1) is 0 Å². The molecule has 0 radical (unpaired) electrons. The number of carbonyl (C=O) groups is 1. The first kappa shape index (κ1) is 9.10. The molecule has 0 bridgehead atoms. The van der Waals surface area contributed by atoms with Crippen molar-refractivity contribution in [2.24, 2.45) is 0 Å². The quantitative estimate of drug-likeness (QED) is 0.503. The van der Waals surface area contributed by atoms with Crippen LogP contribution in [0.4, 0.5) is 5.69 Å². The first-order valence-electron chi connectivity index (χ1n) is 5.80. The van der Waals surface area contributed by atoms with Crippen molar-refractivity contribution in [2.45, 2.75) is 25.7 Å². The van der Waals surface area contributed by atoms with Gasteiger partial charge < -0.3 is 0 Å². The van der Waals surface area contributed by atoms with Gasteiger partial charge in [0.15, 0.2) is 0 Å². The minimum absolute atomic E-state index is 0.603. The van der Waals surface area contributed by atoms with Crippen LogP contribution in [0.25, 0.3) is 0 Å². The van der Waals surface area contributed by atoms with Crippen molar-refractivity contribution >= 4 is 12.1 Å². The zero-order chi connectivity index (χ0) is 10.3. The lowest BCUT2D eigenvalue weighted by atomic mass is 9.90. The summed E-state index contributed by atoms with van der Waals surface area (Å²) in [5.74, 6) is 0. The van der Waals surface area contributed by atoms with Crippen molar-refractivity contribution < 1.29 is 4.79 Å². The average molecular weight is 202 g/mol. The lowest BCUT2D eigenvalue weighted by molar-refractivity contribution is -0.118. The fourth-order valence-corrected chi connectivity index (χ4v) is 3.22. The van der Waals surface area contributed by atoms with Crippen LogP contribution < -0.4 is 4.48 Å². The number of hydrogen-bond donors (Lipinski definition) is 0. The zero-order valence-electron chi connectivity index (χ0n) is 8.91. The fourth-order valence-electron chi connectivity index (χ4n) is 3.22. The number of para-hydroxylation sites is 1. The Balaban J connectivity index is 2.26. The van der Waals surface area contributed by atoms with Gasteiger partial charge in [-0.25, -0.2) is 9.28 Å². The van der Waals surface area contributed by atoms with Crippen LogP contribution >= 0.6 is 0 Å². The van der Waals surface area contributed by atoms with E-state index in [9.17, 15) is 4.79 Å². The summed E-state index contributed by atoms with van der Waals surface area (Å²) in [5, 5.41) is 0. The Hall–Kier alpha value is -1.15. The van der Waals surface area contributed by atoms with E-state index in [1.807, 2.05) is 0 Å². The Kier molecular flexibility index (Phi) is 1.93. The topological polar surface area (TPSA) is 17.1 Å². The molecule has 15 heavy (non-hydrogen) atoms. The average Bonchev–Trinajstić information content (AvgIpc) is 2.30. The Morgan fingerprint density at radius 3 is 2.20 bits per heavy atom. The van der Waals surface area contributed by atoms with E-state index in [1.165, 1.54) is 23.2 Å². The smallest absolute Gasteiger partial charge is 0.233 e. The second-order valence-electron chi connectivity index (χ2n) is 4.72. The summed E-state index contributed by atoms with van der Waals surface area (Å²) < 4.78 is 0.603. The molecule has 0 spiro atoms. The normalized spacial score (nSPS) is 21.9. The molecule has 2 nitrogen and oxygen atoms in total. The number of nitrogens with zero attached hydrogens (tertiary/aromatic N) is 1. The van der Waals surface area contributed by atoms with E-state index < -0.39 is 0 Å². The van der Waals surface area contributed by atoms with Crippen molar-refractivity contribution in [1.29, 1.82) is 0 Å². The number of hydrogen-bond acceptors (Lipinski definition) is 1. The molecular weight excluding hydrogens is 186 g/mol. The molecule has 0 fully saturated rings. The second-order valence-corrected chi connectivity index (χ2v) is 4.72. The molecule has 1 aromatic rings. The molecule has 2 aliphatic rings. The van der Waals surface area contributed by atoms with Crippen LogP contribution in [0.3, 0.4) is 0 Å². The SMILES string of the molecule is O=C[N+]12CCCc3cccc(c31)CCC2. The Labute approximate surface area is 90.1 Å². The summed E-state index contributed by atoms with van der Waals surface area (Å²) >= 11 is 0. The lowest BCUT2D eigenvalue weighted by Crippen LogP contribution is -2.54. The van der Waals surface area contributed by atoms with Gasteiger partial charge in [0.2, 0.25) is 0 Å². The maximum atomic E-state index is 11.4. The molecule has 78 valence electrons. The van der Waals surface area contributed by atoms with E-state index in [1.54, 1.807) is 0 Å². The monoisotopic (exact) mass is 202 g/mol. The third-order valence-electron chi connectivity index (χ3n) is 3.86. The summed E-state index contributed by atoms with van der Waals surface area (Å²) in [6, 6.07) is 6.53. The third kappa shape index (κ3) is 1.18. The molecule has 0 atom stereocenters. The summed E-state index contributed by atoms with van der Waals surface area (Å²) in [6.45, 7) is 2.01. The van der Waals surface area contributed by atoms with Gasteiger partial charge in [-0.2, -0.15) is 0 Å². The van der Waals surface area contributed by atoms with Crippen molar-refractivity contribution in [3.8, 4) is 0 Å². The third-order valence-corrected chi connectivity index (χ3v) is 3.86. The van der Waals surface area contributed by atoms with Crippen molar-refractivity contribution in [3.05, 3.63) is 29.3 Å². The molecule has 0 N–H and O–H groups in total. The minimum atomic E-state index is 0.603. The number of aryl methyl sites for hydroxylation is 2. The predicted octanol–water partition coefficient (Wildman–Crippen LogP) is 2.04. The van der Waals surface area contributed by atoms with Crippen LogP contribution in [0.1, 0.15) is 24.0 Å². The Morgan fingerprint density at radius 2 is 1.67 bits per heavy atom. The molecule has 1 amide bonds. The van der Waals surface area contributed by atoms with Crippen LogP contribution in [0.5, 0.6) is 0 Å². The van der Waals surface area contributed by atoms with Gasteiger partial charge in [-0.3, -0.25) is 0 Å². The van der Waals surface area contributed by atoms with Gasteiger partial charge in [-0.1, -0.05) is 18.2 Å². The van der Waals surface area contributed by atoms with Gasteiger partial charge >= 0.3 is 6.41 Å². The number of benzene rings is 1. The van der Waals surface area contributed by atoms with Crippen molar-refractivity contribution in [3.63, 3.8) is 0 Å². The van der Waals surface area contributed by atoms with Crippen LogP contribution in [-0.2, 0) is 17.6 Å². The lowest BCUT2D eigenvalue weighted by Gasteiger charge is -2.40. The highest BCUT2D eigenvalue weighted by Crippen LogP contribution is 2.39. The second kappa shape index (κ2) is 3.17. The molecule has 0 saturated carbocycles. The number of carbonyl (C=O) groups excluding carboxylic acids is 1. The highest BCUT2D eigenvalue weighted by molar-refractivity contribution is 5.76. The maximum Gasteiger partial charge on any atom is 0.306 e. The van der Waals surface area contributed by atoms with Crippen LogP contribution in [-0.4, -0.2) is 19.5 Å². The standard InChI is InChI=1S/C13H16NO/c15-10-14-8-2-6-11-4-1-5-12(13(11)14)7-3-9-14/h1,4-5,10H,2-3,6-9H2/q+1. The van der Waals surface area contributed by atoms with Crippen molar-refractivity contribution in [1.82, 2.24) is 4.48 Å². The van der Waals surface area contributed by atoms with Gasteiger partial charge in [-0.05, 0) is 12.8 Å². The molecule has 0 aromatic heterocycles. The maximum absolute atomic E-state index is 11.4. The fraction of sp³-hybridized carbons (Fsp3) is 0.462. The summed E-state index contributed by atoms with van der Waals surface area (Å²) in [6.07, 6.45) is 5.76. The van der Waals surface area contributed by atoms with E-state index in [-0.39, 0.29) is 0 Å². The predicted molar refractivity (Wildman–Crippen MR) is 60.7 cm³/mol. The summed E-state index contributed by atoms with van der Waals surface area (Å²) in [4.78, 5) is 11.4. The van der Waals surface area contributed by atoms with Gasteiger partial charge in [0.05, 0.1) is 13.1 Å². The summed E-state index contributed by atoms with van der Waals surface area (Å²) in [5.41, 5.74) is 4.15. The van der Waals surface area contributed by atoms with E-state index >= 15 is 0 Å². The molecule has 2 heterocycles. The van der Waals surface area contributed by atoms with Crippen molar-refractivity contribution in [2.75, 3.05) is 13.1 Å². The van der Waals surface area contributed by atoms with E-state index in [0.717, 1.165) is 38.8 Å². The summed E-state index contributed by atoms with van der Waals surface area (Å²) in [7, 11) is 0. The van der Waals surface area contributed by atoms with E-state index in [2.05, 4.69) is 18.2 Å². The number of rotatable bonds is 1. The molecule has 2 aliphatic heterocycles. The van der Waals surface area contributed by atoms with Crippen LogP contribution in [0, 0.1) is 0 Å². The first-order valence-corrected chi connectivity index (χ1v) is 5.80. The van der Waals surface area contributed by atoms with Gasteiger partial charge in [0, 0.05) is 24.0 Å². The highest BCUT2D eigenvalue weighted by Gasteiger charge is 2.39. The number of quaternary nitrogens is 1. The Morgan fingerprint density at radius 1 is 1.07 bits per heavy atom. The largest absolute Gasteiger partial charge is 0.306 e. The van der Waals surface area contributed by atoms with Gasteiger partial charge in [0.1, 0.15) is 5.69 Å². The van der Waals surface area contributed by atoms with Crippen LogP contribution in [0.15, 0.2) is 18.2 Å². The molecule has 3 rings (SSSR count). The number of amides is 1. The van der Waals surface area contributed by atoms with Gasteiger partial charge in [0.25, 0.3) is 0 Å². The zero-order valence-corrected chi connectivity index (χ0v) is 8.91. The Bertz CT molecular complexity index is 383. The molecule has 2 heteroatoms. The highest BCUT2D eigenvalue weighted by atomic mass is 16.1. The van der Waals surface area contributed by atoms with Crippen LogP contribution in [0.2, 0.25) is 0 Å². The van der Waals surface area contributed by atoms with E-state index in [0.29, 0.717) is 4.48 Å². The molecule has 0 saturated heterocycles. The molecular formula is C13H16NO+.